The molecule has 2 N–H and O–H groups in total. The van der Waals surface area contributed by atoms with E-state index in [1.165, 1.54) is 0 Å². The highest BCUT2D eigenvalue weighted by molar-refractivity contribution is 6.00. The number of amides is 1. The molecule has 0 unspecified atom stereocenters. The molecule has 4 rings (SSSR count). The Balaban J connectivity index is 1.67. The summed E-state index contributed by atoms with van der Waals surface area (Å²) in [6, 6.07) is 15.6. The maximum absolute atomic E-state index is 12.5. The number of carbonyl (C=O) groups is 1. The molecule has 26 heavy (non-hydrogen) atoms. The SMILES string of the molecule is O=C(Cn1[nH]c(=O)c2ccccc2c1=O)Nc1cccc2cccnc12. The van der Waals surface area contributed by atoms with Gasteiger partial charge in [-0.15, -0.1) is 0 Å². The van der Waals surface area contributed by atoms with Crippen molar-refractivity contribution in [2.45, 2.75) is 6.54 Å². The smallest absolute Gasteiger partial charge is 0.273 e. The third kappa shape index (κ3) is 2.75. The highest BCUT2D eigenvalue weighted by Gasteiger charge is 2.11. The number of anilines is 1. The zero-order valence-corrected chi connectivity index (χ0v) is 13.6. The molecule has 7 nitrogen and oxygen atoms in total. The summed E-state index contributed by atoms with van der Waals surface area (Å²) < 4.78 is 1.01. The standard InChI is InChI=1S/C19H14N4O3/c24-16(21-15-9-3-5-12-6-4-10-20-17(12)15)11-23-19(26)14-8-2-1-7-13(14)18(25)22-23/h1-10H,11H2,(H,21,24)(H,22,25). The Bertz CT molecular complexity index is 1250. The molecule has 2 heterocycles. The third-order valence-electron chi connectivity index (χ3n) is 4.09. The van der Waals surface area contributed by atoms with Crippen LogP contribution >= 0.6 is 0 Å². The lowest BCUT2D eigenvalue weighted by Gasteiger charge is -2.10. The largest absolute Gasteiger partial charge is 0.323 e. The van der Waals surface area contributed by atoms with Crippen molar-refractivity contribution in [1.82, 2.24) is 14.8 Å². The number of carbonyl (C=O) groups excluding carboxylic acids is 1. The van der Waals surface area contributed by atoms with Crippen LogP contribution in [0, 0.1) is 0 Å². The van der Waals surface area contributed by atoms with E-state index in [9.17, 15) is 14.4 Å². The third-order valence-corrected chi connectivity index (χ3v) is 4.09. The molecule has 0 atom stereocenters. The Labute approximate surface area is 146 Å². The van der Waals surface area contributed by atoms with Gasteiger partial charge in [-0.1, -0.05) is 30.3 Å². The summed E-state index contributed by atoms with van der Waals surface area (Å²) in [7, 11) is 0. The molecule has 0 fully saturated rings. The molecule has 0 aliphatic carbocycles. The second-order valence-corrected chi connectivity index (χ2v) is 5.81. The number of nitrogens with zero attached hydrogens (tertiary/aromatic N) is 2. The van der Waals surface area contributed by atoms with E-state index in [4.69, 9.17) is 0 Å². The van der Waals surface area contributed by atoms with E-state index in [1.54, 1.807) is 36.5 Å². The van der Waals surface area contributed by atoms with Crippen molar-refractivity contribution in [2.24, 2.45) is 0 Å². The maximum atomic E-state index is 12.5. The van der Waals surface area contributed by atoms with Crippen molar-refractivity contribution in [3.05, 3.63) is 81.5 Å². The van der Waals surface area contributed by atoms with Crippen molar-refractivity contribution in [2.75, 3.05) is 5.32 Å². The van der Waals surface area contributed by atoms with E-state index in [0.29, 0.717) is 16.6 Å². The first kappa shape index (κ1) is 15.8. The summed E-state index contributed by atoms with van der Waals surface area (Å²) in [6.45, 7) is -0.303. The lowest BCUT2D eigenvalue weighted by molar-refractivity contribution is -0.117. The molecule has 2 aromatic heterocycles. The first-order chi connectivity index (χ1) is 12.6. The van der Waals surface area contributed by atoms with Crippen LogP contribution in [0.25, 0.3) is 21.7 Å². The average Bonchev–Trinajstić information content (AvgIpc) is 2.66. The van der Waals surface area contributed by atoms with Gasteiger partial charge in [0.2, 0.25) is 5.91 Å². The Hall–Kier alpha value is -3.74. The van der Waals surface area contributed by atoms with E-state index in [0.717, 1.165) is 10.1 Å². The zero-order chi connectivity index (χ0) is 18.1. The number of aromatic amines is 1. The monoisotopic (exact) mass is 346 g/mol. The molecule has 0 radical (unpaired) electrons. The Morgan fingerprint density at radius 2 is 1.77 bits per heavy atom. The van der Waals surface area contributed by atoms with Crippen LogP contribution < -0.4 is 16.4 Å². The summed E-state index contributed by atoms with van der Waals surface area (Å²) >= 11 is 0. The fraction of sp³-hybridized carbons (Fsp3) is 0.0526. The zero-order valence-electron chi connectivity index (χ0n) is 13.6. The van der Waals surface area contributed by atoms with Crippen LogP contribution in [0.3, 0.4) is 0 Å². The number of hydrogen-bond donors (Lipinski definition) is 2. The van der Waals surface area contributed by atoms with Crippen LogP contribution in [0.2, 0.25) is 0 Å². The van der Waals surface area contributed by atoms with Gasteiger partial charge in [0.15, 0.2) is 0 Å². The molecule has 0 aliphatic heterocycles. The van der Waals surface area contributed by atoms with Gasteiger partial charge in [-0.2, -0.15) is 0 Å². The molecule has 0 aliphatic rings. The van der Waals surface area contributed by atoms with Gasteiger partial charge in [0.05, 0.1) is 22.0 Å². The van der Waals surface area contributed by atoms with Crippen LogP contribution in [0.15, 0.2) is 70.4 Å². The molecule has 0 bridgehead atoms. The van der Waals surface area contributed by atoms with Gasteiger partial charge in [0.25, 0.3) is 11.1 Å². The minimum atomic E-state index is -0.434. The Morgan fingerprint density at radius 3 is 2.62 bits per heavy atom. The van der Waals surface area contributed by atoms with Crippen molar-refractivity contribution < 1.29 is 4.79 Å². The van der Waals surface area contributed by atoms with Gasteiger partial charge in [-0.3, -0.25) is 24.5 Å². The summed E-state index contributed by atoms with van der Waals surface area (Å²) in [5.74, 6) is -0.434. The van der Waals surface area contributed by atoms with Gasteiger partial charge in [0, 0.05) is 11.6 Å². The number of aromatic nitrogens is 3. The second-order valence-electron chi connectivity index (χ2n) is 5.81. The second kappa shape index (κ2) is 6.29. The minimum absolute atomic E-state index is 0.274. The predicted molar refractivity (Wildman–Crippen MR) is 99.2 cm³/mol. The number of para-hydroxylation sites is 1. The summed E-state index contributed by atoms with van der Waals surface area (Å²) in [5, 5.41) is 6.65. The number of rotatable bonds is 3. The van der Waals surface area contributed by atoms with E-state index < -0.39 is 17.0 Å². The topological polar surface area (TPSA) is 96.9 Å². The molecular weight excluding hydrogens is 332 g/mol. The highest BCUT2D eigenvalue weighted by atomic mass is 16.2. The van der Waals surface area contributed by atoms with Crippen LogP contribution in [-0.4, -0.2) is 20.7 Å². The van der Waals surface area contributed by atoms with Crippen molar-refractivity contribution in [3.8, 4) is 0 Å². The summed E-state index contributed by atoms with van der Waals surface area (Å²) in [4.78, 5) is 41.3. The number of H-pyrrole nitrogens is 1. The van der Waals surface area contributed by atoms with Gasteiger partial charge in [0.1, 0.15) is 6.54 Å². The van der Waals surface area contributed by atoms with Crippen LogP contribution in [0.1, 0.15) is 0 Å². The predicted octanol–water partition coefficient (Wildman–Crippen LogP) is 1.88. The number of fused-ring (bicyclic) bond motifs is 2. The van der Waals surface area contributed by atoms with Gasteiger partial charge in [-0.05, 0) is 24.3 Å². The average molecular weight is 346 g/mol. The number of benzene rings is 2. The molecule has 2 aromatic carbocycles. The molecular formula is C19H14N4O3. The number of hydrogen-bond acceptors (Lipinski definition) is 4. The normalized spacial score (nSPS) is 10.9. The fourth-order valence-electron chi connectivity index (χ4n) is 2.90. The van der Waals surface area contributed by atoms with Crippen LogP contribution in [0.5, 0.6) is 0 Å². The van der Waals surface area contributed by atoms with Crippen LogP contribution in [0.4, 0.5) is 5.69 Å². The van der Waals surface area contributed by atoms with Crippen molar-refractivity contribution in [3.63, 3.8) is 0 Å². The first-order valence-electron chi connectivity index (χ1n) is 7.99. The van der Waals surface area contributed by atoms with E-state index in [1.807, 2.05) is 24.3 Å². The van der Waals surface area contributed by atoms with Gasteiger partial charge < -0.3 is 5.32 Å². The number of nitrogens with one attached hydrogen (secondary N) is 2. The molecule has 7 heteroatoms. The van der Waals surface area contributed by atoms with Crippen molar-refractivity contribution in [1.29, 1.82) is 0 Å². The first-order valence-corrected chi connectivity index (χ1v) is 7.99. The molecule has 0 saturated carbocycles. The molecule has 0 saturated heterocycles. The number of pyridine rings is 1. The van der Waals surface area contributed by atoms with E-state index in [2.05, 4.69) is 15.4 Å². The van der Waals surface area contributed by atoms with E-state index >= 15 is 0 Å². The van der Waals surface area contributed by atoms with Crippen LogP contribution in [-0.2, 0) is 11.3 Å². The lowest BCUT2D eigenvalue weighted by atomic mass is 10.2. The van der Waals surface area contributed by atoms with Crippen molar-refractivity contribution >= 4 is 33.3 Å². The van der Waals surface area contributed by atoms with Gasteiger partial charge in [-0.25, -0.2) is 4.68 Å². The molecule has 4 aromatic rings. The molecule has 128 valence electrons. The minimum Gasteiger partial charge on any atom is -0.323 e. The van der Waals surface area contributed by atoms with Gasteiger partial charge >= 0.3 is 0 Å². The quantitative estimate of drug-likeness (QED) is 0.592. The Morgan fingerprint density at radius 1 is 1.00 bits per heavy atom. The molecule has 1 amide bonds. The van der Waals surface area contributed by atoms with E-state index in [-0.39, 0.29) is 11.9 Å². The lowest BCUT2D eigenvalue weighted by Crippen LogP contribution is -2.34. The highest BCUT2D eigenvalue weighted by Crippen LogP contribution is 2.20. The maximum Gasteiger partial charge on any atom is 0.273 e. The summed E-state index contributed by atoms with van der Waals surface area (Å²) in [5.41, 5.74) is 0.359. The molecule has 0 spiro atoms. The Kier molecular flexibility index (Phi) is 3.81. The summed E-state index contributed by atoms with van der Waals surface area (Å²) in [6.07, 6.45) is 1.64. The fourth-order valence-corrected chi connectivity index (χ4v) is 2.90.